The van der Waals surface area contributed by atoms with E-state index in [2.05, 4.69) is 20.3 Å². The van der Waals surface area contributed by atoms with E-state index in [0.717, 1.165) is 76.3 Å². The van der Waals surface area contributed by atoms with Gasteiger partial charge in [-0.1, -0.05) is 11.3 Å². The summed E-state index contributed by atoms with van der Waals surface area (Å²) in [5.74, 6) is -2.05. The number of hydrogen-bond donors (Lipinski definition) is 1. The van der Waals surface area contributed by atoms with E-state index < -0.39 is 12.5 Å². The Morgan fingerprint density at radius 1 is 1.26 bits per heavy atom. The van der Waals surface area contributed by atoms with Crippen molar-refractivity contribution in [3.8, 4) is 5.19 Å². The highest BCUT2D eigenvalue weighted by atomic mass is 32.1. The van der Waals surface area contributed by atoms with Crippen LogP contribution in [-0.4, -0.2) is 63.8 Å². The molecule has 1 N–H and O–H groups in total. The third kappa shape index (κ3) is 7.46. The van der Waals surface area contributed by atoms with Crippen LogP contribution in [-0.2, 0) is 31.1 Å². The first-order valence-corrected chi connectivity index (χ1v) is 13.0. The molecule has 0 unspecified atom stereocenters. The van der Waals surface area contributed by atoms with Crippen molar-refractivity contribution < 1.29 is 18.3 Å². The van der Waals surface area contributed by atoms with Crippen molar-refractivity contribution in [2.24, 2.45) is 13.0 Å². The quantitative estimate of drug-likeness (QED) is 0.575. The number of aromatic nitrogens is 3. The largest absolute Gasteiger partial charge is 0.464 e. The molecule has 0 aromatic carbocycles. The van der Waals surface area contributed by atoms with Gasteiger partial charge in [-0.05, 0) is 56.6 Å². The summed E-state index contributed by atoms with van der Waals surface area (Å²) in [6, 6.07) is 0.282. The average Bonchev–Trinajstić information content (AvgIpc) is 3.32. The average molecular weight is 496 g/mol. The Morgan fingerprint density at radius 2 is 2.03 bits per heavy atom. The maximum absolute atomic E-state index is 13.0. The molecule has 0 spiro atoms. The number of nitrogens with one attached hydrogen (secondary N) is 1. The second-order valence-corrected chi connectivity index (χ2v) is 10.9. The van der Waals surface area contributed by atoms with E-state index in [1.807, 2.05) is 13.2 Å². The second-order valence-electron chi connectivity index (χ2n) is 9.82. The Morgan fingerprint density at radius 3 is 2.74 bits per heavy atom. The van der Waals surface area contributed by atoms with Crippen LogP contribution >= 0.6 is 11.3 Å². The molecule has 10 heteroatoms. The Kier molecular flexibility index (Phi) is 8.18. The number of halogens is 2. The molecule has 2 aromatic heterocycles. The van der Waals surface area contributed by atoms with Crippen LogP contribution < -0.4 is 10.1 Å². The number of ether oxygens (including phenoxy) is 1. The third-order valence-corrected chi connectivity index (χ3v) is 7.79. The third-order valence-electron chi connectivity index (χ3n) is 6.72. The smallest absolute Gasteiger partial charge is 0.278 e. The van der Waals surface area contributed by atoms with Crippen LogP contribution in [0.15, 0.2) is 12.4 Å². The molecular weight excluding hydrogens is 460 g/mol. The molecule has 188 valence electrons. The molecule has 1 fully saturated rings. The minimum atomic E-state index is -2.84. The summed E-state index contributed by atoms with van der Waals surface area (Å²) in [5.41, 5.74) is 1.95. The standard InChI is InChI=1S/C24H35F2N5O2S/c1-24(25,26)16-33-23-29-20-8-11-31(12-9-21(20)34-23)10-7-17-3-5-19(6-4-17)28-22(32)13-18-14-27-30(2)15-18/h14-15,17,19H,3-13,16H2,1-2H3,(H,28,32)/t17-,19-. The first-order chi connectivity index (χ1) is 16.2. The van der Waals surface area contributed by atoms with Gasteiger partial charge in [0.05, 0.1) is 18.3 Å². The van der Waals surface area contributed by atoms with Gasteiger partial charge in [-0.25, -0.2) is 13.8 Å². The maximum atomic E-state index is 13.0. The second kappa shape index (κ2) is 11.1. The normalized spacial score (nSPS) is 21.6. The highest BCUT2D eigenvalue weighted by Crippen LogP contribution is 2.30. The number of hydrogen-bond acceptors (Lipinski definition) is 6. The summed E-state index contributed by atoms with van der Waals surface area (Å²) in [5, 5.41) is 7.68. The van der Waals surface area contributed by atoms with Crippen molar-refractivity contribution in [1.82, 2.24) is 25.0 Å². The fourth-order valence-corrected chi connectivity index (χ4v) is 5.79. The van der Waals surface area contributed by atoms with Gasteiger partial charge in [0.15, 0.2) is 6.61 Å². The van der Waals surface area contributed by atoms with Gasteiger partial charge in [0.1, 0.15) is 0 Å². The van der Waals surface area contributed by atoms with Crippen LogP contribution in [0.5, 0.6) is 5.19 Å². The van der Waals surface area contributed by atoms with Gasteiger partial charge >= 0.3 is 0 Å². The molecule has 0 radical (unpaired) electrons. The van der Waals surface area contributed by atoms with Crippen molar-refractivity contribution >= 4 is 17.2 Å². The molecule has 2 aromatic rings. The number of nitrogens with zero attached hydrogens (tertiary/aromatic N) is 4. The Hall–Kier alpha value is -2.07. The molecule has 0 atom stereocenters. The van der Waals surface area contributed by atoms with Crippen LogP contribution in [0.25, 0.3) is 0 Å². The monoisotopic (exact) mass is 495 g/mol. The van der Waals surface area contributed by atoms with Gasteiger partial charge < -0.3 is 15.0 Å². The lowest BCUT2D eigenvalue weighted by Crippen LogP contribution is -2.39. The molecule has 34 heavy (non-hydrogen) atoms. The zero-order chi connectivity index (χ0) is 24.1. The zero-order valence-electron chi connectivity index (χ0n) is 20.1. The van der Waals surface area contributed by atoms with E-state index >= 15 is 0 Å². The molecule has 0 bridgehead atoms. The topological polar surface area (TPSA) is 72.3 Å². The van der Waals surface area contributed by atoms with E-state index in [0.29, 0.717) is 17.5 Å². The molecular formula is C24H35F2N5O2S. The van der Waals surface area contributed by atoms with Crippen LogP contribution in [0.4, 0.5) is 8.78 Å². The van der Waals surface area contributed by atoms with E-state index in [9.17, 15) is 13.6 Å². The first-order valence-electron chi connectivity index (χ1n) is 12.2. The van der Waals surface area contributed by atoms with Gasteiger partial charge in [0, 0.05) is 50.6 Å². The minimum Gasteiger partial charge on any atom is -0.464 e. The summed E-state index contributed by atoms with van der Waals surface area (Å²) in [6.45, 7) is 3.22. The summed E-state index contributed by atoms with van der Waals surface area (Å²) >= 11 is 1.41. The van der Waals surface area contributed by atoms with Crippen LogP contribution in [0.2, 0.25) is 0 Å². The van der Waals surface area contributed by atoms with Crippen molar-refractivity contribution in [3.63, 3.8) is 0 Å². The minimum absolute atomic E-state index is 0.0825. The number of amides is 1. The van der Waals surface area contributed by atoms with E-state index in [1.54, 1.807) is 10.9 Å². The van der Waals surface area contributed by atoms with Gasteiger partial charge in [-0.3, -0.25) is 9.48 Å². The molecule has 0 saturated heterocycles. The molecule has 2 aliphatic rings. The summed E-state index contributed by atoms with van der Waals surface area (Å²) in [4.78, 5) is 20.4. The fraction of sp³-hybridized carbons (Fsp3) is 0.708. The number of aryl methyl sites for hydroxylation is 1. The molecule has 1 aliphatic carbocycles. The summed E-state index contributed by atoms with van der Waals surface area (Å²) in [7, 11) is 1.86. The number of fused-ring (bicyclic) bond motifs is 1. The molecule has 1 aliphatic heterocycles. The Balaban J connectivity index is 1.13. The van der Waals surface area contributed by atoms with Gasteiger partial charge in [-0.2, -0.15) is 5.10 Å². The maximum Gasteiger partial charge on any atom is 0.278 e. The number of alkyl halides is 2. The number of rotatable bonds is 9. The van der Waals surface area contributed by atoms with E-state index in [1.165, 1.54) is 22.6 Å². The fourth-order valence-electron chi connectivity index (χ4n) is 4.85. The van der Waals surface area contributed by atoms with Crippen molar-refractivity contribution in [3.05, 3.63) is 28.5 Å². The molecule has 1 amide bonds. The van der Waals surface area contributed by atoms with Crippen LogP contribution in [0, 0.1) is 5.92 Å². The molecule has 3 heterocycles. The van der Waals surface area contributed by atoms with Crippen molar-refractivity contribution in [1.29, 1.82) is 0 Å². The Labute approximate surface area is 203 Å². The number of thiazole rings is 1. The highest BCUT2D eigenvalue weighted by Gasteiger charge is 2.26. The lowest BCUT2D eigenvalue weighted by Gasteiger charge is -2.30. The first kappa shape index (κ1) is 25.0. The molecule has 1 saturated carbocycles. The lowest BCUT2D eigenvalue weighted by molar-refractivity contribution is -0.121. The zero-order valence-corrected chi connectivity index (χ0v) is 20.9. The van der Waals surface area contributed by atoms with Crippen molar-refractivity contribution in [2.75, 3.05) is 26.2 Å². The number of carbonyl (C=O) groups is 1. The van der Waals surface area contributed by atoms with E-state index in [-0.39, 0.29) is 11.9 Å². The number of carbonyl (C=O) groups excluding carboxylic acids is 1. The van der Waals surface area contributed by atoms with Gasteiger partial charge in [0.25, 0.3) is 11.1 Å². The summed E-state index contributed by atoms with van der Waals surface area (Å²) < 4.78 is 33.0. The summed E-state index contributed by atoms with van der Waals surface area (Å²) in [6.07, 6.45) is 11.3. The van der Waals surface area contributed by atoms with Gasteiger partial charge in [0.2, 0.25) is 5.91 Å². The SMILES string of the molecule is Cn1cc(CC(=O)N[C@H]2CC[C@H](CCN3CCc4nc(OCC(C)(F)F)sc4CC3)CC2)cn1. The van der Waals surface area contributed by atoms with Crippen LogP contribution in [0.3, 0.4) is 0 Å². The van der Waals surface area contributed by atoms with Crippen LogP contribution in [0.1, 0.15) is 55.2 Å². The van der Waals surface area contributed by atoms with Gasteiger partial charge in [-0.15, -0.1) is 0 Å². The Bertz CT molecular complexity index is 924. The predicted molar refractivity (Wildman–Crippen MR) is 127 cm³/mol. The van der Waals surface area contributed by atoms with Crippen molar-refractivity contribution in [2.45, 2.75) is 70.3 Å². The predicted octanol–water partition coefficient (Wildman–Crippen LogP) is 3.62. The van der Waals surface area contributed by atoms with E-state index in [4.69, 9.17) is 4.74 Å². The highest BCUT2D eigenvalue weighted by molar-refractivity contribution is 7.13. The molecule has 7 nitrogen and oxygen atoms in total. The molecule has 4 rings (SSSR count). The lowest BCUT2D eigenvalue weighted by atomic mass is 9.84.